The van der Waals surface area contributed by atoms with E-state index in [-0.39, 0.29) is 11.9 Å². The lowest BCUT2D eigenvalue weighted by Crippen LogP contribution is -2.44. The van der Waals surface area contributed by atoms with E-state index in [4.69, 9.17) is 0 Å². The summed E-state index contributed by atoms with van der Waals surface area (Å²) in [6.07, 6.45) is 5.69. The van der Waals surface area contributed by atoms with E-state index in [0.29, 0.717) is 24.7 Å². The third-order valence-corrected chi connectivity index (χ3v) is 5.07. The Morgan fingerprint density at radius 1 is 1.17 bits per heavy atom. The van der Waals surface area contributed by atoms with Crippen molar-refractivity contribution in [2.75, 3.05) is 22.6 Å². The summed E-state index contributed by atoms with van der Waals surface area (Å²) in [5.74, 6) is 1.19. The summed E-state index contributed by atoms with van der Waals surface area (Å²) in [5, 5.41) is 10.6. The molecule has 1 aliphatic rings. The van der Waals surface area contributed by atoms with Gasteiger partial charge in [-0.2, -0.15) is 10.1 Å². The first-order valence-corrected chi connectivity index (χ1v) is 9.50. The number of carbonyl (C=O) groups excluding carboxylic acids is 1. The third-order valence-electron chi connectivity index (χ3n) is 5.07. The zero-order chi connectivity index (χ0) is 20.5. The highest BCUT2D eigenvalue weighted by atomic mass is 16.2. The van der Waals surface area contributed by atoms with Gasteiger partial charge in [-0.15, -0.1) is 0 Å². The lowest BCUT2D eigenvalue weighted by atomic mass is 10.2. The van der Waals surface area contributed by atoms with Crippen LogP contribution in [0.5, 0.6) is 0 Å². The van der Waals surface area contributed by atoms with Crippen LogP contribution in [0.25, 0.3) is 0 Å². The Labute approximate surface area is 169 Å². The molecule has 0 saturated heterocycles. The zero-order valence-electron chi connectivity index (χ0n) is 17.0. The van der Waals surface area contributed by atoms with Gasteiger partial charge >= 0.3 is 0 Å². The summed E-state index contributed by atoms with van der Waals surface area (Å²) < 4.78 is 1.88. The van der Waals surface area contributed by atoms with Crippen LogP contribution in [0, 0.1) is 13.8 Å². The first-order chi connectivity index (χ1) is 13.9. The van der Waals surface area contributed by atoms with Crippen LogP contribution in [-0.4, -0.2) is 43.7 Å². The fraction of sp³-hybridized carbons (Fsp3) is 0.350. The molecule has 1 amide bonds. The number of amides is 1. The Morgan fingerprint density at radius 2 is 2.00 bits per heavy atom. The molecule has 0 aromatic carbocycles. The second-order valence-electron chi connectivity index (χ2n) is 7.31. The van der Waals surface area contributed by atoms with Crippen LogP contribution in [0.2, 0.25) is 0 Å². The summed E-state index contributed by atoms with van der Waals surface area (Å²) in [4.78, 5) is 27.3. The highest BCUT2D eigenvalue weighted by Crippen LogP contribution is 2.32. The van der Waals surface area contributed by atoms with Gasteiger partial charge in [0, 0.05) is 37.2 Å². The molecule has 1 atom stereocenters. The van der Waals surface area contributed by atoms with Gasteiger partial charge < -0.3 is 15.5 Å². The second kappa shape index (κ2) is 7.50. The minimum Gasteiger partial charge on any atom is -0.350 e. The number of likely N-dealkylation sites (N-methyl/N-ethyl adjacent to an activating group) is 1. The molecule has 29 heavy (non-hydrogen) atoms. The molecule has 9 heteroatoms. The zero-order valence-corrected chi connectivity index (χ0v) is 17.0. The Bertz CT molecular complexity index is 1040. The predicted octanol–water partition coefficient (Wildman–Crippen LogP) is 2.12. The van der Waals surface area contributed by atoms with Gasteiger partial charge in [0.1, 0.15) is 11.7 Å². The number of anilines is 3. The van der Waals surface area contributed by atoms with Crippen LogP contribution in [0.3, 0.4) is 0 Å². The molecule has 0 spiro atoms. The average Bonchev–Trinajstić information content (AvgIpc) is 3.15. The minimum absolute atomic E-state index is 0.0522. The second-order valence-corrected chi connectivity index (χ2v) is 7.31. The summed E-state index contributed by atoms with van der Waals surface area (Å²) in [6, 6.07) is 3.78. The Hall–Kier alpha value is -3.49. The quantitative estimate of drug-likeness (QED) is 0.686. The third kappa shape index (κ3) is 3.89. The maximum Gasteiger partial charge on any atom is 0.246 e. The first-order valence-electron chi connectivity index (χ1n) is 9.50. The summed E-state index contributed by atoms with van der Waals surface area (Å²) in [7, 11) is 1.86. The van der Waals surface area contributed by atoms with Crippen molar-refractivity contribution >= 4 is 23.4 Å². The van der Waals surface area contributed by atoms with E-state index in [2.05, 4.69) is 36.8 Å². The Morgan fingerprint density at radius 3 is 2.76 bits per heavy atom. The highest BCUT2D eigenvalue weighted by molar-refractivity contribution is 6.03. The van der Waals surface area contributed by atoms with Crippen molar-refractivity contribution in [3.63, 3.8) is 0 Å². The number of aromatic nitrogens is 5. The fourth-order valence-electron chi connectivity index (χ4n) is 3.17. The number of pyridine rings is 1. The molecule has 1 aliphatic heterocycles. The number of carbonyl (C=O) groups is 1. The molecule has 150 valence electrons. The van der Waals surface area contributed by atoms with Gasteiger partial charge in [-0.1, -0.05) is 6.07 Å². The van der Waals surface area contributed by atoms with E-state index in [1.807, 2.05) is 62.1 Å². The summed E-state index contributed by atoms with van der Waals surface area (Å²) in [6.45, 7) is 6.91. The van der Waals surface area contributed by atoms with Gasteiger partial charge in [0.2, 0.25) is 11.9 Å². The first kappa shape index (κ1) is 18.9. The maximum absolute atomic E-state index is 12.0. The highest BCUT2D eigenvalue weighted by Gasteiger charge is 2.30. The number of hydrogen-bond donors (Lipinski definition) is 2. The smallest absolute Gasteiger partial charge is 0.246 e. The molecule has 0 saturated carbocycles. The van der Waals surface area contributed by atoms with Crippen molar-refractivity contribution in [2.45, 2.75) is 39.9 Å². The summed E-state index contributed by atoms with van der Waals surface area (Å²) >= 11 is 0. The molecule has 4 rings (SSSR count). The van der Waals surface area contributed by atoms with Gasteiger partial charge in [-0.05, 0) is 32.4 Å². The van der Waals surface area contributed by atoms with Crippen LogP contribution >= 0.6 is 0 Å². The van der Waals surface area contributed by atoms with Crippen LogP contribution < -0.4 is 15.5 Å². The maximum atomic E-state index is 12.0. The van der Waals surface area contributed by atoms with Crippen molar-refractivity contribution in [1.29, 1.82) is 0 Å². The minimum atomic E-state index is -0.279. The lowest BCUT2D eigenvalue weighted by Gasteiger charge is -2.32. The molecule has 0 unspecified atom stereocenters. The number of fused-ring (bicyclic) bond motifs is 1. The number of rotatable bonds is 5. The van der Waals surface area contributed by atoms with Crippen LogP contribution in [0.4, 0.5) is 17.5 Å². The van der Waals surface area contributed by atoms with E-state index in [1.165, 1.54) is 0 Å². The van der Waals surface area contributed by atoms with Gasteiger partial charge in [0.25, 0.3) is 0 Å². The standard InChI is InChI=1S/C20H24N8O/c1-12-5-6-15(7-21-12)10-28-11-16(9-23-28)8-22-20-24-13(2)17-18(26-20)27(4)14(3)19(29)25-17/h5-7,9,11,14H,8,10H2,1-4H3,(H,25,29)(H,22,24,26)/t14-/m0/s1. The van der Waals surface area contributed by atoms with Crippen LogP contribution in [0.15, 0.2) is 30.7 Å². The van der Waals surface area contributed by atoms with Gasteiger partial charge in [0.05, 0.1) is 18.4 Å². The molecular formula is C20H24N8O. The normalized spacial score (nSPS) is 15.8. The van der Waals surface area contributed by atoms with Crippen molar-refractivity contribution in [2.24, 2.45) is 0 Å². The van der Waals surface area contributed by atoms with E-state index >= 15 is 0 Å². The molecule has 0 fully saturated rings. The molecule has 3 aromatic heterocycles. The molecule has 0 aliphatic carbocycles. The van der Waals surface area contributed by atoms with Crippen molar-refractivity contribution in [3.05, 3.63) is 53.2 Å². The topological polar surface area (TPSA) is 101 Å². The molecule has 2 N–H and O–H groups in total. The number of aryl methyl sites for hydroxylation is 2. The lowest BCUT2D eigenvalue weighted by molar-refractivity contribution is -0.117. The number of nitrogens with one attached hydrogen (secondary N) is 2. The SMILES string of the molecule is Cc1ccc(Cn2cc(CNc3nc(C)c4c(n3)N(C)[C@@H](C)C(=O)N4)cn2)cn1. The summed E-state index contributed by atoms with van der Waals surface area (Å²) in [5.41, 5.74) is 4.53. The van der Waals surface area contributed by atoms with E-state index in [9.17, 15) is 4.79 Å². The van der Waals surface area contributed by atoms with Crippen LogP contribution in [-0.2, 0) is 17.9 Å². The molecule has 0 bridgehead atoms. The van der Waals surface area contributed by atoms with E-state index < -0.39 is 0 Å². The molecule has 4 heterocycles. The van der Waals surface area contributed by atoms with Crippen molar-refractivity contribution in [3.8, 4) is 0 Å². The Balaban J connectivity index is 1.45. The van der Waals surface area contributed by atoms with Gasteiger partial charge in [-0.3, -0.25) is 14.5 Å². The van der Waals surface area contributed by atoms with Crippen molar-refractivity contribution in [1.82, 2.24) is 24.7 Å². The van der Waals surface area contributed by atoms with Crippen LogP contribution in [0.1, 0.15) is 29.4 Å². The predicted molar refractivity (Wildman–Crippen MR) is 111 cm³/mol. The van der Waals surface area contributed by atoms with E-state index in [1.54, 1.807) is 0 Å². The molecule has 9 nitrogen and oxygen atoms in total. The largest absolute Gasteiger partial charge is 0.350 e. The molecule has 0 radical (unpaired) electrons. The molecule has 3 aromatic rings. The number of hydrogen-bond acceptors (Lipinski definition) is 7. The average molecular weight is 392 g/mol. The van der Waals surface area contributed by atoms with Crippen molar-refractivity contribution < 1.29 is 4.79 Å². The Kier molecular flexibility index (Phi) is 4.87. The van der Waals surface area contributed by atoms with Gasteiger partial charge in [-0.25, -0.2) is 4.98 Å². The fourth-order valence-corrected chi connectivity index (χ4v) is 3.17. The number of nitrogens with zero attached hydrogens (tertiary/aromatic N) is 6. The van der Waals surface area contributed by atoms with E-state index in [0.717, 1.165) is 28.3 Å². The monoisotopic (exact) mass is 392 g/mol. The van der Waals surface area contributed by atoms with Gasteiger partial charge in [0.15, 0.2) is 5.82 Å². The molecular weight excluding hydrogens is 368 g/mol.